The van der Waals surface area contributed by atoms with Crippen LogP contribution in [0.1, 0.15) is 42.7 Å². The fourth-order valence-electron chi connectivity index (χ4n) is 2.72. The van der Waals surface area contributed by atoms with E-state index in [1.807, 2.05) is 0 Å². The molecule has 2 rings (SSSR count). The summed E-state index contributed by atoms with van der Waals surface area (Å²) < 4.78 is 31.9. The summed E-state index contributed by atoms with van der Waals surface area (Å²) in [5.74, 6) is -1.47. The molecule has 0 bridgehead atoms. The molecule has 0 radical (unpaired) electrons. The molecular formula is C14H22N4O5S. The van der Waals surface area contributed by atoms with Crippen molar-refractivity contribution in [3.63, 3.8) is 0 Å². The normalized spacial score (nSPS) is 16.9. The van der Waals surface area contributed by atoms with Crippen molar-refractivity contribution in [1.29, 1.82) is 0 Å². The zero-order valence-electron chi connectivity index (χ0n) is 13.7. The third kappa shape index (κ3) is 3.44. The quantitative estimate of drug-likeness (QED) is 0.689. The number of carbonyl (C=O) groups excluding carboxylic acids is 2. The van der Waals surface area contributed by atoms with Gasteiger partial charge in [0.15, 0.2) is 0 Å². The zero-order chi connectivity index (χ0) is 17.9. The standard InChI is InChI=1S/C14H22N4O5S/c1-3-10-11(14(20)23-4-2)13(17-16-10)24(21,22)18-7-5-9(6-8-18)12(15)19/h9H,3-8H2,1-2H3,(H2,15,19)(H,16,17). The van der Waals surface area contributed by atoms with Crippen molar-refractivity contribution in [3.05, 3.63) is 11.3 Å². The molecule has 0 aromatic carbocycles. The maximum atomic E-state index is 12.8. The number of nitrogens with zero attached hydrogens (tertiary/aromatic N) is 2. The molecule has 1 aliphatic heterocycles. The zero-order valence-corrected chi connectivity index (χ0v) is 14.6. The Kier molecular flexibility index (Phi) is 5.60. The lowest BCUT2D eigenvalue weighted by Crippen LogP contribution is -2.42. The number of esters is 1. The lowest BCUT2D eigenvalue weighted by molar-refractivity contribution is -0.122. The maximum Gasteiger partial charge on any atom is 0.343 e. The number of hydrogen-bond acceptors (Lipinski definition) is 6. The van der Waals surface area contributed by atoms with E-state index < -0.39 is 21.9 Å². The first kappa shape index (κ1) is 18.4. The summed E-state index contributed by atoms with van der Waals surface area (Å²) in [5.41, 5.74) is 5.64. The van der Waals surface area contributed by atoms with E-state index in [1.54, 1.807) is 13.8 Å². The van der Waals surface area contributed by atoms with Gasteiger partial charge in [-0.1, -0.05) is 6.92 Å². The van der Waals surface area contributed by atoms with Crippen molar-refractivity contribution < 1.29 is 22.7 Å². The van der Waals surface area contributed by atoms with Gasteiger partial charge in [0.2, 0.25) is 10.9 Å². The second-order valence-electron chi connectivity index (χ2n) is 5.54. The van der Waals surface area contributed by atoms with Gasteiger partial charge < -0.3 is 10.5 Å². The Morgan fingerprint density at radius 1 is 1.33 bits per heavy atom. The van der Waals surface area contributed by atoms with Gasteiger partial charge in [-0.05, 0) is 26.2 Å². The molecule has 0 aliphatic carbocycles. The van der Waals surface area contributed by atoms with Gasteiger partial charge in [0, 0.05) is 19.0 Å². The third-order valence-corrected chi connectivity index (χ3v) is 5.91. The Labute approximate surface area is 140 Å². The van der Waals surface area contributed by atoms with Crippen LogP contribution < -0.4 is 5.73 Å². The maximum absolute atomic E-state index is 12.8. The van der Waals surface area contributed by atoms with E-state index in [1.165, 1.54) is 4.31 Å². The number of hydrogen-bond donors (Lipinski definition) is 2. The van der Waals surface area contributed by atoms with Crippen LogP contribution in [-0.4, -0.2) is 54.5 Å². The predicted molar refractivity (Wildman–Crippen MR) is 84.6 cm³/mol. The van der Waals surface area contributed by atoms with Crippen molar-refractivity contribution in [1.82, 2.24) is 14.5 Å². The van der Waals surface area contributed by atoms with E-state index in [9.17, 15) is 18.0 Å². The van der Waals surface area contributed by atoms with Crippen LogP contribution in [-0.2, 0) is 26.0 Å². The number of aryl methyl sites for hydroxylation is 1. The minimum atomic E-state index is -3.96. The number of nitrogens with one attached hydrogen (secondary N) is 1. The first-order chi connectivity index (χ1) is 11.3. The molecule has 1 aromatic heterocycles. The van der Waals surface area contributed by atoms with Crippen LogP contribution in [0.4, 0.5) is 0 Å². The molecule has 0 unspecified atom stereocenters. The number of nitrogens with two attached hydrogens (primary N) is 1. The second kappa shape index (κ2) is 7.31. The van der Waals surface area contributed by atoms with Crippen molar-refractivity contribution in [2.45, 2.75) is 38.1 Å². The molecule has 24 heavy (non-hydrogen) atoms. The van der Waals surface area contributed by atoms with Crippen LogP contribution in [0.15, 0.2) is 5.03 Å². The van der Waals surface area contributed by atoms with E-state index in [4.69, 9.17) is 10.5 Å². The summed E-state index contributed by atoms with van der Waals surface area (Å²) >= 11 is 0. The van der Waals surface area contributed by atoms with Crippen molar-refractivity contribution in [2.24, 2.45) is 11.7 Å². The number of piperidine rings is 1. The SMILES string of the molecule is CCOC(=O)c1c(S(=O)(=O)N2CCC(C(N)=O)CC2)n[nH]c1CC. The van der Waals surface area contributed by atoms with E-state index in [0.717, 1.165) is 0 Å². The van der Waals surface area contributed by atoms with Crippen LogP contribution in [0, 0.1) is 5.92 Å². The second-order valence-corrected chi connectivity index (χ2v) is 7.39. The molecule has 1 amide bonds. The van der Waals surface area contributed by atoms with Gasteiger partial charge in [0.05, 0.1) is 12.3 Å². The number of sulfonamides is 1. The van der Waals surface area contributed by atoms with E-state index in [0.29, 0.717) is 25.0 Å². The topological polar surface area (TPSA) is 135 Å². The Balaban J connectivity index is 2.32. The number of primary amides is 1. The molecule has 1 aromatic rings. The molecule has 1 fully saturated rings. The smallest absolute Gasteiger partial charge is 0.343 e. The van der Waals surface area contributed by atoms with Crippen molar-refractivity contribution >= 4 is 21.9 Å². The molecule has 1 aliphatic rings. The molecule has 3 N–H and O–H groups in total. The van der Waals surface area contributed by atoms with Gasteiger partial charge in [-0.25, -0.2) is 13.2 Å². The summed E-state index contributed by atoms with van der Waals surface area (Å²) in [4.78, 5) is 23.4. The largest absolute Gasteiger partial charge is 0.462 e. The third-order valence-electron chi connectivity index (χ3n) is 4.08. The number of amides is 1. The van der Waals surface area contributed by atoms with Gasteiger partial charge >= 0.3 is 5.97 Å². The molecule has 0 saturated carbocycles. The summed E-state index contributed by atoms with van der Waals surface area (Å²) in [6, 6.07) is 0. The number of carbonyl (C=O) groups is 2. The Morgan fingerprint density at radius 3 is 2.46 bits per heavy atom. The van der Waals surface area contributed by atoms with Gasteiger partial charge in [-0.15, -0.1) is 0 Å². The molecule has 1 saturated heterocycles. The molecule has 134 valence electrons. The fourth-order valence-corrected chi connectivity index (χ4v) is 4.28. The fraction of sp³-hybridized carbons (Fsp3) is 0.643. The first-order valence-electron chi connectivity index (χ1n) is 7.86. The van der Waals surface area contributed by atoms with Gasteiger partial charge in [-0.2, -0.15) is 9.40 Å². The van der Waals surface area contributed by atoms with Crippen molar-refractivity contribution in [3.8, 4) is 0 Å². The number of aromatic nitrogens is 2. The first-order valence-corrected chi connectivity index (χ1v) is 9.30. The number of ether oxygens (including phenoxy) is 1. The van der Waals surface area contributed by atoms with Gasteiger partial charge in [0.25, 0.3) is 10.0 Å². The summed E-state index contributed by atoms with van der Waals surface area (Å²) in [6.45, 7) is 3.88. The molecule has 9 nitrogen and oxygen atoms in total. The summed E-state index contributed by atoms with van der Waals surface area (Å²) in [7, 11) is -3.96. The van der Waals surface area contributed by atoms with Crippen molar-refractivity contribution in [2.75, 3.05) is 19.7 Å². The Bertz CT molecular complexity index is 720. The van der Waals surface area contributed by atoms with E-state index in [2.05, 4.69) is 10.2 Å². The van der Waals surface area contributed by atoms with Crippen LogP contribution in [0.2, 0.25) is 0 Å². The summed E-state index contributed by atoms with van der Waals surface area (Å²) in [5, 5.41) is 6.13. The lowest BCUT2D eigenvalue weighted by atomic mass is 9.98. The highest BCUT2D eigenvalue weighted by Gasteiger charge is 2.37. The monoisotopic (exact) mass is 358 g/mol. The minimum Gasteiger partial charge on any atom is -0.462 e. The average Bonchev–Trinajstić information content (AvgIpc) is 3.00. The van der Waals surface area contributed by atoms with Crippen LogP contribution in [0.3, 0.4) is 0 Å². The predicted octanol–water partition coefficient (Wildman–Crippen LogP) is 0.0348. The minimum absolute atomic E-state index is 0.0450. The molecule has 10 heteroatoms. The van der Waals surface area contributed by atoms with Gasteiger partial charge in [-0.3, -0.25) is 9.89 Å². The van der Waals surface area contributed by atoms with E-state index >= 15 is 0 Å². The van der Waals surface area contributed by atoms with Crippen LogP contribution in [0.5, 0.6) is 0 Å². The molecule has 2 heterocycles. The highest BCUT2D eigenvalue weighted by molar-refractivity contribution is 7.89. The highest BCUT2D eigenvalue weighted by atomic mass is 32.2. The molecular weight excluding hydrogens is 336 g/mol. The number of H-pyrrole nitrogens is 1. The van der Waals surface area contributed by atoms with Gasteiger partial charge in [0.1, 0.15) is 5.56 Å². The van der Waals surface area contributed by atoms with E-state index in [-0.39, 0.29) is 36.2 Å². The highest BCUT2D eigenvalue weighted by Crippen LogP contribution is 2.26. The van der Waals surface area contributed by atoms with Crippen LogP contribution >= 0.6 is 0 Å². The molecule has 0 atom stereocenters. The summed E-state index contributed by atoms with van der Waals surface area (Å²) in [6.07, 6.45) is 1.13. The lowest BCUT2D eigenvalue weighted by Gasteiger charge is -2.29. The Hall–Kier alpha value is -1.94. The Morgan fingerprint density at radius 2 is 1.96 bits per heavy atom. The molecule has 0 spiro atoms. The number of rotatable bonds is 6. The average molecular weight is 358 g/mol. The number of aromatic amines is 1. The van der Waals surface area contributed by atoms with Crippen LogP contribution in [0.25, 0.3) is 0 Å².